The minimum absolute atomic E-state index is 0.783. The molecule has 4 nitrogen and oxygen atoms in total. The summed E-state index contributed by atoms with van der Waals surface area (Å²) in [5.74, 6) is 0. The molecule has 1 aromatic carbocycles. The Morgan fingerprint density at radius 1 is 1.08 bits per heavy atom. The fraction of sp³-hybridized carbons (Fsp3) is 0.350. The highest BCUT2D eigenvalue weighted by Crippen LogP contribution is 2.28. The Hall–Kier alpha value is -2.33. The third-order valence-corrected chi connectivity index (χ3v) is 4.93. The van der Waals surface area contributed by atoms with Crippen LogP contribution >= 0.6 is 0 Å². The van der Waals surface area contributed by atoms with Crippen LogP contribution in [-0.2, 0) is 6.54 Å². The summed E-state index contributed by atoms with van der Waals surface area (Å²) in [6, 6.07) is 12.3. The summed E-state index contributed by atoms with van der Waals surface area (Å²) in [4.78, 5) is 7.52. The third kappa shape index (κ3) is 2.78. The predicted molar refractivity (Wildman–Crippen MR) is 98.9 cm³/mol. The topological polar surface area (TPSA) is 46.6 Å². The summed E-state index contributed by atoms with van der Waals surface area (Å²) in [6.07, 6.45) is 6.07. The Labute approximate surface area is 142 Å². The number of nitrogen functional groups attached to an aromatic ring is 1. The molecule has 0 aliphatic carbocycles. The molecule has 24 heavy (non-hydrogen) atoms. The van der Waals surface area contributed by atoms with Crippen LogP contribution in [0, 0.1) is 6.92 Å². The zero-order chi connectivity index (χ0) is 16.5. The molecule has 3 heterocycles. The van der Waals surface area contributed by atoms with Crippen molar-refractivity contribution in [3.8, 4) is 11.3 Å². The molecular weight excluding hydrogens is 296 g/mol. The molecule has 0 amide bonds. The normalized spacial score (nSPS) is 15.9. The van der Waals surface area contributed by atoms with Crippen LogP contribution in [0.15, 0.2) is 42.6 Å². The maximum atomic E-state index is 6.01. The summed E-state index contributed by atoms with van der Waals surface area (Å²) in [5, 5.41) is 0. The first kappa shape index (κ1) is 15.2. The minimum atomic E-state index is 0.783. The molecule has 0 unspecified atom stereocenters. The van der Waals surface area contributed by atoms with E-state index in [1.165, 1.54) is 43.6 Å². The maximum Gasteiger partial charge on any atom is 0.140 e. The number of hydrogen-bond donors (Lipinski definition) is 1. The van der Waals surface area contributed by atoms with Crippen molar-refractivity contribution in [2.45, 2.75) is 32.7 Å². The van der Waals surface area contributed by atoms with E-state index < -0.39 is 0 Å². The van der Waals surface area contributed by atoms with Gasteiger partial charge in [-0.3, -0.25) is 4.90 Å². The molecule has 0 bridgehead atoms. The van der Waals surface area contributed by atoms with Crippen LogP contribution < -0.4 is 5.73 Å². The lowest BCUT2D eigenvalue weighted by Gasteiger charge is -2.26. The second-order valence-corrected chi connectivity index (χ2v) is 6.75. The molecule has 0 spiro atoms. The van der Waals surface area contributed by atoms with Gasteiger partial charge in [-0.1, -0.05) is 24.6 Å². The van der Waals surface area contributed by atoms with Crippen molar-refractivity contribution in [2.75, 3.05) is 18.8 Å². The molecule has 0 saturated carbocycles. The molecule has 4 rings (SSSR count). The van der Waals surface area contributed by atoms with Crippen molar-refractivity contribution in [3.05, 3.63) is 53.9 Å². The number of likely N-dealkylation sites (tertiary alicyclic amines) is 1. The molecule has 1 saturated heterocycles. The number of pyridine rings is 1. The lowest BCUT2D eigenvalue weighted by Crippen LogP contribution is -2.29. The second kappa shape index (κ2) is 6.29. The summed E-state index contributed by atoms with van der Waals surface area (Å²) < 4.78 is 2.25. The SMILES string of the molecule is Cc1cccn2c(CN3CCCCC3)c(-c3cccc(N)c3)nc12. The van der Waals surface area contributed by atoms with E-state index in [9.17, 15) is 0 Å². The molecule has 1 aliphatic rings. The van der Waals surface area contributed by atoms with Crippen LogP contribution in [-0.4, -0.2) is 27.4 Å². The van der Waals surface area contributed by atoms with E-state index in [1.54, 1.807) is 0 Å². The van der Waals surface area contributed by atoms with Crippen LogP contribution in [0.3, 0.4) is 0 Å². The van der Waals surface area contributed by atoms with Crippen molar-refractivity contribution in [1.29, 1.82) is 0 Å². The number of anilines is 1. The third-order valence-electron chi connectivity index (χ3n) is 4.93. The monoisotopic (exact) mass is 320 g/mol. The van der Waals surface area contributed by atoms with E-state index >= 15 is 0 Å². The molecule has 1 aliphatic heterocycles. The van der Waals surface area contributed by atoms with Crippen LogP contribution in [0.5, 0.6) is 0 Å². The molecule has 2 aromatic heterocycles. The van der Waals surface area contributed by atoms with Crippen molar-refractivity contribution >= 4 is 11.3 Å². The largest absolute Gasteiger partial charge is 0.399 e. The molecule has 124 valence electrons. The van der Waals surface area contributed by atoms with E-state index in [0.717, 1.165) is 29.1 Å². The van der Waals surface area contributed by atoms with Crippen molar-refractivity contribution in [2.24, 2.45) is 0 Å². The first-order chi connectivity index (χ1) is 11.7. The number of nitrogens with two attached hydrogens (primary N) is 1. The van der Waals surface area contributed by atoms with Gasteiger partial charge in [0.2, 0.25) is 0 Å². The quantitative estimate of drug-likeness (QED) is 0.745. The van der Waals surface area contributed by atoms with Gasteiger partial charge in [0.15, 0.2) is 0 Å². The molecule has 0 radical (unpaired) electrons. The Morgan fingerprint density at radius 3 is 2.71 bits per heavy atom. The number of rotatable bonds is 3. The van der Waals surface area contributed by atoms with Gasteiger partial charge in [0.25, 0.3) is 0 Å². The van der Waals surface area contributed by atoms with Gasteiger partial charge < -0.3 is 10.1 Å². The Kier molecular flexibility index (Phi) is 3.98. The Bertz CT molecular complexity index is 859. The van der Waals surface area contributed by atoms with Gasteiger partial charge in [-0.25, -0.2) is 4.98 Å². The zero-order valence-electron chi connectivity index (χ0n) is 14.2. The fourth-order valence-electron chi connectivity index (χ4n) is 3.65. The Balaban J connectivity index is 1.84. The smallest absolute Gasteiger partial charge is 0.140 e. The van der Waals surface area contributed by atoms with Gasteiger partial charge in [-0.05, 0) is 56.6 Å². The van der Waals surface area contributed by atoms with Gasteiger partial charge in [0.05, 0.1) is 11.4 Å². The number of aromatic nitrogens is 2. The average molecular weight is 320 g/mol. The van der Waals surface area contributed by atoms with Gasteiger partial charge >= 0.3 is 0 Å². The standard InChI is InChI=1S/C20H24N4/c1-15-7-6-12-24-18(14-23-10-3-2-4-11-23)19(22-20(15)24)16-8-5-9-17(21)13-16/h5-9,12-13H,2-4,10-11,14,21H2,1H3. The first-order valence-electron chi connectivity index (χ1n) is 8.77. The second-order valence-electron chi connectivity index (χ2n) is 6.75. The summed E-state index contributed by atoms with van der Waals surface area (Å²) in [6.45, 7) is 5.41. The first-order valence-corrected chi connectivity index (χ1v) is 8.77. The number of aryl methyl sites for hydroxylation is 1. The summed E-state index contributed by atoms with van der Waals surface area (Å²) in [7, 11) is 0. The lowest BCUT2D eigenvalue weighted by atomic mass is 10.1. The molecule has 0 atom stereocenters. The van der Waals surface area contributed by atoms with E-state index in [2.05, 4.69) is 40.6 Å². The van der Waals surface area contributed by atoms with Gasteiger partial charge in [0.1, 0.15) is 5.65 Å². The van der Waals surface area contributed by atoms with Crippen LogP contribution in [0.25, 0.3) is 16.9 Å². The minimum Gasteiger partial charge on any atom is -0.399 e. The number of nitrogens with zero attached hydrogens (tertiary/aromatic N) is 3. The van der Waals surface area contributed by atoms with Crippen LogP contribution in [0.2, 0.25) is 0 Å². The fourth-order valence-corrected chi connectivity index (χ4v) is 3.65. The van der Waals surface area contributed by atoms with E-state index in [4.69, 9.17) is 10.7 Å². The highest BCUT2D eigenvalue weighted by molar-refractivity contribution is 5.70. The zero-order valence-corrected chi connectivity index (χ0v) is 14.2. The number of imidazole rings is 1. The van der Waals surface area contributed by atoms with Gasteiger partial charge in [-0.15, -0.1) is 0 Å². The van der Waals surface area contributed by atoms with Gasteiger partial charge in [0, 0.05) is 24.0 Å². The molecule has 2 N–H and O–H groups in total. The summed E-state index contributed by atoms with van der Waals surface area (Å²) >= 11 is 0. The van der Waals surface area contributed by atoms with Crippen molar-refractivity contribution < 1.29 is 0 Å². The molecular formula is C20H24N4. The maximum absolute atomic E-state index is 6.01. The van der Waals surface area contributed by atoms with Crippen molar-refractivity contribution in [3.63, 3.8) is 0 Å². The molecule has 4 heteroatoms. The Morgan fingerprint density at radius 2 is 1.92 bits per heavy atom. The highest BCUT2D eigenvalue weighted by Gasteiger charge is 2.19. The number of fused-ring (bicyclic) bond motifs is 1. The number of hydrogen-bond acceptors (Lipinski definition) is 3. The number of benzene rings is 1. The summed E-state index contributed by atoms with van der Waals surface area (Å²) in [5.41, 5.74) is 12.5. The van der Waals surface area contributed by atoms with E-state index in [1.807, 2.05) is 18.2 Å². The predicted octanol–water partition coefficient (Wildman–Crippen LogP) is 3.88. The van der Waals surface area contributed by atoms with E-state index in [0.29, 0.717) is 0 Å². The molecule has 1 fully saturated rings. The van der Waals surface area contributed by atoms with Crippen molar-refractivity contribution in [1.82, 2.24) is 14.3 Å². The van der Waals surface area contributed by atoms with Crippen LogP contribution in [0.4, 0.5) is 5.69 Å². The number of piperidine rings is 1. The lowest BCUT2D eigenvalue weighted by molar-refractivity contribution is 0.218. The molecule has 3 aromatic rings. The van der Waals surface area contributed by atoms with Gasteiger partial charge in [-0.2, -0.15) is 0 Å². The highest BCUT2D eigenvalue weighted by atomic mass is 15.2. The average Bonchev–Trinajstić information content (AvgIpc) is 2.96. The van der Waals surface area contributed by atoms with E-state index in [-0.39, 0.29) is 0 Å². The van der Waals surface area contributed by atoms with Crippen LogP contribution in [0.1, 0.15) is 30.5 Å².